The van der Waals surface area contributed by atoms with Crippen LogP contribution in [0.4, 0.5) is 13.2 Å². The van der Waals surface area contributed by atoms with E-state index in [1.165, 1.54) is 24.9 Å². The summed E-state index contributed by atoms with van der Waals surface area (Å²) in [7, 11) is 1.79. The first-order valence-electron chi connectivity index (χ1n) is 7.97. The molecule has 0 rings (SSSR count). The number of hydrogen-bond acceptors (Lipinski definition) is 4. The number of allylic oxidation sites excluding steroid dienone is 2. The number of alkyl halides is 3. The number of carbonyl (C=O) groups excluding carboxylic acids is 1. The lowest BCUT2D eigenvalue weighted by molar-refractivity contribution is -0.120. The molecule has 0 heterocycles. The van der Waals surface area contributed by atoms with Gasteiger partial charge in [0, 0.05) is 44.1 Å². The molecule has 0 fully saturated rings. The summed E-state index contributed by atoms with van der Waals surface area (Å²) in [5.41, 5.74) is 5.14. The molecule has 138 valence electrons. The standard InChI is InChI=1S/C16H27F3N4O/c1-4-5-6-7-12-23(3)22-15(24)9-11-20-21-13-14(2)8-10-16(17,18)19/h8-11,13-14,20H,4-7,12H2,1-3H3,(H,22,24)/b10-8-,11-9-,21-13+. The largest absolute Gasteiger partial charge is 0.409 e. The first kappa shape index (κ1) is 22.2. The summed E-state index contributed by atoms with van der Waals surface area (Å²) in [6.07, 6.45) is 5.21. The van der Waals surface area contributed by atoms with E-state index < -0.39 is 12.1 Å². The minimum Gasteiger partial charge on any atom is -0.286 e. The van der Waals surface area contributed by atoms with Gasteiger partial charge in [-0.1, -0.05) is 39.2 Å². The van der Waals surface area contributed by atoms with Crippen LogP contribution < -0.4 is 10.9 Å². The van der Waals surface area contributed by atoms with Gasteiger partial charge in [-0.25, -0.2) is 5.01 Å². The van der Waals surface area contributed by atoms with E-state index >= 15 is 0 Å². The molecule has 0 bridgehead atoms. The number of nitrogens with zero attached hydrogens (tertiary/aromatic N) is 2. The molecule has 0 saturated heterocycles. The van der Waals surface area contributed by atoms with Gasteiger partial charge in [-0.15, -0.1) is 0 Å². The van der Waals surface area contributed by atoms with Crippen LogP contribution in [0.1, 0.15) is 39.5 Å². The third kappa shape index (κ3) is 15.1. The van der Waals surface area contributed by atoms with Gasteiger partial charge in [0.05, 0.1) is 0 Å². The predicted molar refractivity (Wildman–Crippen MR) is 90.0 cm³/mol. The van der Waals surface area contributed by atoms with Crippen molar-refractivity contribution in [3.8, 4) is 0 Å². The van der Waals surface area contributed by atoms with E-state index in [0.29, 0.717) is 0 Å². The van der Waals surface area contributed by atoms with Crippen LogP contribution in [-0.4, -0.2) is 36.9 Å². The third-order valence-corrected chi connectivity index (χ3v) is 2.93. The number of hydrazone groups is 1. The molecular formula is C16H27F3N4O. The maximum Gasteiger partial charge on any atom is 0.409 e. The molecule has 24 heavy (non-hydrogen) atoms. The molecule has 8 heteroatoms. The molecule has 1 atom stereocenters. The van der Waals surface area contributed by atoms with Gasteiger partial charge in [-0.3, -0.25) is 15.6 Å². The van der Waals surface area contributed by atoms with Crippen LogP contribution in [0.15, 0.2) is 29.5 Å². The zero-order valence-corrected chi connectivity index (χ0v) is 14.4. The van der Waals surface area contributed by atoms with Gasteiger partial charge in [0.1, 0.15) is 0 Å². The van der Waals surface area contributed by atoms with Crippen molar-refractivity contribution >= 4 is 12.1 Å². The van der Waals surface area contributed by atoms with Gasteiger partial charge in [0.25, 0.3) is 5.91 Å². The highest BCUT2D eigenvalue weighted by Crippen LogP contribution is 2.16. The quantitative estimate of drug-likeness (QED) is 0.198. The fourth-order valence-electron chi connectivity index (χ4n) is 1.68. The number of rotatable bonds is 11. The van der Waals surface area contributed by atoms with Crippen molar-refractivity contribution in [3.63, 3.8) is 0 Å². The van der Waals surface area contributed by atoms with Crippen molar-refractivity contribution in [3.05, 3.63) is 24.4 Å². The highest BCUT2D eigenvalue weighted by Gasteiger charge is 2.21. The Labute approximate surface area is 141 Å². The second-order valence-corrected chi connectivity index (χ2v) is 5.46. The SMILES string of the molecule is CCCCCCN(C)NC(=O)/C=C\N/N=C/C(C)/C=C\C(F)(F)F. The normalized spacial score (nSPS) is 14.1. The average Bonchev–Trinajstić information content (AvgIpc) is 2.48. The molecule has 0 saturated carbocycles. The van der Waals surface area contributed by atoms with E-state index in [-0.39, 0.29) is 12.0 Å². The maximum atomic E-state index is 12.0. The molecule has 2 N–H and O–H groups in total. The summed E-state index contributed by atoms with van der Waals surface area (Å²) in [5.74, 6) is -0.781. The molecule has 0 aromatic carbocycles. The first-order chi connectivity index (χ1) is 11.2. The molecule has 0 aromatic heterocycles. The van der Waals surface area contributed by atoms with Gasteiger partial charge < -0.3 is 0 Å². The zero-order valence-electron chi connectivity index (χ0n) is 14.4. The third-order valence-electron chi connectivity index (χ3n) is 2.93. The highest BCUT2D eigenvalue weighted by atomic mass is 19.4. The molecule has 0 aliphatic heterocycles. The average molecular weight is 348 g/mol. The number of hydrazine groups is 1. The van der Waals surface area contributed by atoms with Crippen LogP contribution in [0, 0.1) is 5.92 Å². The number of halogens is 3. The Balaban J connectivity index is 3.95. The number of nitrogens with one attached hydrogen (secondary N) is 2. The monoisotopic (exact) mass is 348 g/mol. The molecule has 0 aliphatic carbocycles. The smallest absolute Gasteiger partial charge is 0.286 e. The molecule has 0 spiro atoms. The van der Waals surface area contributed by atoms with Crippen LogP contribution in [0.2, 0.25) is 0 Å². The molecular weight excluding hydrogens is 321 g/mol. The Morgan fingerprint density at radius 2 is 2.00 bits per heavy atom. The summed E-state index contributed by atoms with van der Waals surface area (Å²) in [5, 5.41) is 5.44. The van der Waals surface area contributed by atoms with E-state index in [1.807, 2.05) is 0 Å². The van der Waals surface area contributed by atoms with Crippen molar-refractivity contribution in [2.24, 2.45) is 11.0 Å². The Kier molecular flexibility index (Phi) is 11.6. The number of hydrogen-bond donors (Lipinski definition) is 2. The van der Waals surface area contributed by atoms with Crippen molar-refractivity contribution in [1.29, 1.82) is 0 Å². The van der Waals surface area contributed by atoms with Crippen molar-refractivity contribution in [2.45, 2.75) is 45.7 Å². The van der Waals surface area contributed by atoms with Gasteiger partial charge in [0.2, 0.25) is 0 Å². The Morgan fingerprint density at radius 1 is 1.29 bits per heavy atom. The van der Waals surface area contributed by atoms with Gasteiger partial charge in [-0.2, -0.15) is 18.3 Å². The lowest BCUT2D eigenvalue weighted by atomic mass is 10.2. The Morgan fingerprint density at radius 3 is 2.62 bits per heavy atom. The fourth-order valence-corrected chi connectivity index (χ4v) is 1.68. The molecule has 0 aromatic rings. The Hall–Kier alpha value is -1.83. The number of unbranched alkanes of at least 4 members (excludes halogenated alkanes) is 3. The van der Waals surface area contributed by atoms with E-state index in [4.69, 9.17) is 0 Å². The second kappa shape index (κ2) is 12.6. The molecule has 1 unspecified atom stereocenters. The van der Waals surface area contributed by atoms with E-state index in [0.717, 1.165) is 31.9 Å². The maximum absolute atomic E-state index is 12.0. The first-order valence-corrected chi connectivity index (χ1v) is 7.97. The van der Waals surface area contributed by atoms with E-state index in [2.05, 4.69) is 22.9 Å². The van der Waals surface area contributed by atoms with Gasteiger partial charge >= 0.3 is 6.18 Å². The van der Waals surface area contributed by atoms with Crippen LogP contribution in [-0.2, 0) is 4.79 Å². The van der Waals surface area contributed by atoms with Crippen LogP contribution in [0.5, 0.6) is 0 Å². The molecule has 1 amide bonds. The molecule has 5 nitrogen and oxygen atoms in total. The van der Waals surface area contributed by atoms with Crippen LogP contribution >= 0.6 is 0 Å². The summed E-state index contributed by atoms with van der Waals surface area (Å²) >= 11 is 0. The van der Waals surface area contributed by atoms with E-state index in [1.54, 1.807) is 19.0 Å². The molecule has 0 aliphatic rings. The summed E-state index contributed by atoms with van der Waals surface area (Å²) in [4.78, 5) is 11.6. The van der Waals surface area contributed by atoms with Crippen LogP contribution in [0.3, 0.4) is 0 Å². The minimum absolute atomic E-state index is 0.170. The van der Waals surface area contributed by atoms with Gasteiger partial charge in [0.15, 0.2) is 0 Å². The van der Waals surface area contributed by atoms with Crippen LogP contribution in [0.25, 0.3) is 0 Å². The predicted octanol–water partition coefficient (Wildman–Crippen LogP) is 3.37. The lowest BCUT2D eigenvalue weighted by Crippen LogP contribution is -2.38. The number of carbonyl (C=O) groups is 1. The lowest BCUT2D eigenvalue weighted by Gasteiger charge is -2.16. The minimum atomic E-state index is -4.32. The topological polar surface area (TPSA) is 56.7 Å². The van der Waals surface area contributed by atoms with Gasteiger partial charge in [-0.05, 0) is 6.42 Å². The van der Waals surface area contributed by atoms with Crippen molar-refractivity contribution in [1.82, 2.24) is 15.9 Å². The summed E-state index contributed by atoms with van der Waals surface area (Å²) in [6, 6.07) is 0. The van der Waals surface area contributed by atoms with Crippen molar-refractivity contribution in [2.75, 3.05) is 13.6 Å². The second-order valence-electron chi connectivity index (χ2n) is 5.46. The fraction of sp³-hybridized carbons (Fsp3) is 0.625. The zero-order chi connectivity index (χ0) is 18.4. The van der Waals surface area contributed by atoms with Crippen molar-refractivity contribution < 1.29 is 18.0 Å². The number of amides is 1. The highest BCUT2D eigenvalue weighted by molar-refractivity contribution is 5.86. The summed E-state index contributed by atoms with van der Waals surface area (Å²) < 4.78 is 35.9. The van der Waals surface area contributed by atoms with E-state index in [9.17, 15) is 18.0 Å². The molecule has 0 radical (unpaired) electrons. The Bertz CT molecular complexity index is 434. The summed E-state index contributed by atoms with van der Waals surface area (Å²) in [6.45, 7) is 4.48.